The van der Waals surface area contributed by atoms with E-state index in [1.165, 1.54) is 19.3 Å². The van der Waals surface area contributed by atoms with Crippen LogP contribution in [0.2, 0.25) is 0 Å². The molecule has 1 amide bonds. The molecule has 0 aliphatic heterocycles. The molecule has 0 bridgehead atoms. The summed E-state index contributed by atoms with van der Waals surface area (Å²) in [6.45, 7) is 3.55. The van der Waals surface area contributed by atoms with E-state index in [4.69, 9.17) is 4.74 Å². The zero-order chi connectivity index (χ0) is 17.5. The van der Waals surface area contributed by atoms with Gasteiger partial charge in [0, 0.05) is 30.7 Å². The molecule has 1 aliphatic carbocycles. The SMILES string of the molecule is C[C@@H]1CCCC[C@@H]1OCCNC(=O)Cn1nccc1-c1ccncc1. The molecule has 25 heavy (non-hydrogen) atoms. The summed E-state index contributed by atoms with van der Waals surface area (Å²) in [5.41, 5.74) is 1.90. The van der Waals surface area contributed by atoms with Crippen molar-refractivity contribution in [2.75, 3.05) is 13.2 Å². The van der Waals surface area contributed by atoms with Crippen LogP contribution in [0.3, 0.4) is 0 Å². The molecule has 0 unspecified atom stereocenters. The molecule has 6 heteroatoms. The fourth-order valence-electron chi connectivity index (χ4n) is 3.35. The Labute approximate surface area is 148 Å². The molecular formula is C19H26N4O2. The van der Waals surface area contributed by atoms with Gasteiger partial charge in [-0.3, -0.25) is 14.5 Å². The zero-order valence-electron chi connectivity index (χ0n) is 14.7. The van der Waals surface area contributed by atoms with Crippen molar-refractivity contribution in [1.29, 1.82) is 0 Å². The number of hydrogen-bond acceptors (Lipinski definition) is 4. The smallest absolute Gasteiger partial charge is 0.241 e. The predicted octanol–water partition coefficient (Wildman–Crippen LogP) is 2.66. The van der Waals surface area contributed by atoms with Crippen molar-refractivity contribution < 1.29 is 9.53 Å². The van der Waals surface area contributed by atoms with Gasteiger partial charge in [0.25, 0.3) is 0 Å². The lowest BCUT2D eigenvalue weighted by atomic mass is 9.88. The molecule has 1 N–H and O–H groups in total. The number of rotatable bonds is 7. The van der Waals surface area contributed by atoms with Gasteiger partial charge < -0.3 is 10.1 Å². The minimum Gasteiger partial charge on any atom is -0.376 e. The monoisotopic (exact) mass is 342 g/mol. The standard InChI is InChI=1S/C19H26N4O2/c1-15-4-2-3-5-18(15)25-13-12-21-19(24)14-23-17(8-11-22-23)16-6-9-20-10-7-16/h6-11,15,18H,2-5,12-14H2,1H3,(H,21,24)/t15-,18+/m1/s1. The molecule has 1 aliphatic rings. The Kier molecular flexibility index (Phi) is 6.17. The van der Waals surface area contributed by atoms with Crippen molar-refractivity contribution in [3.63, 3.8) is 0 Å². The van der Waals surface area contributed by atoms with Gasteiger partial charge in [0.1, 0.15) is 6.54 Å². The predicted molar refractivity (Wildman–Crippen MR) is 95.8 cm³/mol. The van der Waals surface area contributed by atoms with E-state index < -0.39 is 0 Å². The number of aromatic nitrogens is 3. The highest BCUT2D eigenvalue weighted by molar-refractivity contribution is 5.76. The van der Waals surface area contributed by atoms with Crippen LogP contribution in [-0.4, -0.2) is 39.9 Å². The van der Waals surface area contributed by atoms with Crippen LogP contribution >= 0.6 is 0 Å². The van der Waals surface area contributed by atoms with Crippen LogP contribution in [-0.2, 0) is 16.1 Å². The summed E-state index contributed by atoms with van der Waals surface area (Å²) >= 11 is 0. The zero-order valence-corrected chi connectivity index (χ0v) is 14.7. The largest absolute Gasteiger partial charge is 0.376 e. The number of carbonyl (C=O) groups excluding carboxylic acids is 1. The Hall–Kier alpha value is -2.21. The van der Waals surface area contributed by atoms with Crippen molar-refractivity contribution in [1.82, 2.24) is 20.1 Å². The van der Waals surface area contributed by atoms with Gasteiger partial charge in [-0.2, -0.15) is 5.10 Å². The number of amides is 1. The van der Waals surface area contributed by atoms with E-state index in [0.717, 1.165) is 17.7 Å². The van der Waals surface area contributed by atoms with Crippen LogP contribution in [0.25, 0.3) is 11.3 Å². The van der Waals surface area contributed by atoms with Gasteiger partial charge >= 0.3 is 0 Å². The summed E-state index contributed by atoms with van der Waals surface area (Å²) in [4.78, 5) is 16.2. The van der Waals surface area contributed by atoms with Gasteiger partial charge in [0.2, 0.25) is 5.91 Å². The second kappa shape index (κ2) is 8.76. The van der Waals surface area contributed by atoms with E-state index in [0.29, 0.717) is 25.2 Å². The third kappa shape index (κ3) is 4.89. The summed E-state index contributed by atoms with van der Waals surface area (Å²) in [5.74, 6) is 0.566. The number of carbonyl (C=O) groups is 1. The lowest BCUT2D eigenvalue weighted by molar-refractivity contribution is -0.122. The average molecular weight is 342 g/mol. The van der Waals surface area contributed by atoms with Crippen molar-refractivity contribution >= 4 is 5.91 Å². The van der Waals surface area contributed by atoms with E-state index in [-0.39, 0.29) is 12.5 Å². The van der Waals surface area contributed by atoms with Gasteiger partial charge in [0.05, 0.1) is 18.4 Å². The van der Waals surface area contributed by atoms with Crippen molar-refractivity contribution in [2.45, 2.75) is 45.3 Å². The Balaban J connectivity index is 1.43. The first-order chi connectivity index (χ1) is 12.2. The first kappa shape index (κ1) is 17.6. The first-order valence-corrected chi connectivity index (χ1v) is 9.04. The summed E-state index contributed by atoms with van der Waals surface area (Å²) in [6, 6.07) is 5.71. The number of nitrogens with one attached hydrogen (secondary N) is 1. The summed E-state index contributed by atoms with van der Waals surface area (Å²) in [6.07, 6.45) is 10.4. The highest BCUT2D eigenvalue weighted by Gasteiger charge is 2.21. The maximum atomic E-state index is 12.2. The molecule has 1 saturated carbocycles. The van der Waals surface area contributed by atoms with Crippen molar-refractivity contribution in [2.24, 2.45) is 5.92 Å². The fourth-order valence-corrected chi connectivity index (χ4v) is 3.35. The molecule has 3 rings (SSSR count). The van der Waals surface area contributed by atoms with Crippen LogP contribution in [0.5, 0.6) is 0 Å². The van der Waals surface area contributed by atoms with E-state index in [9.17, 15) is 4.79 Å². The first-order valence-electron chi connectivity index (χ1n) is 9.04. The third-order valence-corrected chi connectivity index (χ3v) is 4.77. The summed E-state index contributed by atoms with van der Waals surface area (Å²) < 4.78 is 7.63. The molecule has 1 fully saturated rings. The summed E-state index contributed by atoms with van der Waals surface area (Å²) in [5, 5.41) is 7.17. The summed E-state index contributed by atoms with van der Waals surface area (Å²) in [7, 11) is 0. The maximum Gasteiger partial charge on any atom is 0.241 e. The highest BCUT2D eigenvalue weighted by atomic mass is 16.5. The maximum absolute atomic E-state index is 12.2. The molecule has 6 nitrogen and oxygen atoms in total. The molecule has 0 aromatic carbocycles. The van der Waals surface area contributed by atoms with Gasteiger partial charge in [0.15, 0.2) is 0 Å². The van der Waals surface area contributed by atoms with Crippen LogP contribution in [0.4, 0.5) is 0 Å². The molecule has 0 spiro atoms. The molecule has 2 aromatic rings. The fraction of sp³-hybridized carbons (Fsp3) is 0.526. The van der Waals surface area contributed by atoms with Crippen LogP contribution in [0.15, 0.2) is 36.8 Å². The second-order valence-electron chi connectivity index (χ2n) is 6.63. The molecule has 2 atom stereocenters. The normalized spacial score (nSPS) is 20.4. The van der Waals surface area contributed by atoms with Crippen molar-refractivity contribution in [3.05, 3.63) is 36.8 Å². The molecule has 134 valence electrons. The topological polar surface area (TPSA) is 69.0 Å². The molecule has 0 radical (unpaired) electrons. The minimum absolute atomic E-state index is 0.0562. The average Bonchev–Trinajstić information content (AvgIpc) is 3.09. The van der Waals surface area contributed by atoms with E-state index >= 15 is 0 Å². The van der Waals surface area contributed by atoms with Gasteiger partial charge in [-0.05, 0) is 37.0 Å². The molecule has 2 aromatic heterocycles. The van der Waals surface area contributed by atoms with Crippen LogP contribution < -0.4 is 5.32 Å². The van der Waals surface area contributed by atoms with E-state index in [1.807, 2.05) is 18.2 Å². The van der Waals surface area contributed by atoms with Gasteiger partial charge in [-0.25, -0.2) is 0 Å². The van der Waals surface area contributed by atoms with E-state index in [1.54, 1.807) is 23.3 Å². The number of ether oxygens (including phenoxy) is 1. The number of hydrogen-bond donors (Lipinski definition) is 1. The van der Waals surface area contributed by atoms with Crippen molar-refractivity contribution in [3.8, 4) is 11.3 Å². The van der Waals surface area contributed by atoms with Crippen LogP contribution in [0, 0.1) is 5.92 Å². The third-order valence-electron chi connectivity index (χ3n) is 4.77. The molecule has 2 heterocycles. The Morgan fingerprint density at radius 1 is 1.24 bits per heavy atom. The molecular weight excluding hydrogens is 316 g/mol. The number of pyridine rings is 1. The highest BCUT2D eigenvalue weighted by Crippen LogP contribution is 2.26. The minimum atomic E-state index is -0.0562. The van der Waals surface area contributed by atoms with E-state index in [2.05, 4.69) is 22.3 Å². The number of nitrogens with zero attached hydrogens (tertiary/aromatic N) is 3. The van der Waals surface area contributed by atoms with Crippen LogP contribution in [0.1, 0.15) is 32.6 Å². The van der Waals surface area contributed by atoms with Gasteiger partial charge in [-0.15, -0.1) is 0 Å². The quantitative estimate of drug-likeness (QED) is 0.786. The molecule has 0 saturated heterocycles. The second-order valence-corrected chi connectivity index (χ2v) is 6.63. The Morgan fingerprint density at radius 3 is 2.84 bits per heavy atom. The van der Waals surface area contributed by atoms with Gasteiger partial charge in [-0.1, -0.05) is 19.8 Å². The lowest BCUT2D eigenvalue weighted by Gasteiger charge is -2.28. The Morgan fingerprint density at radius 2 is 2.04 bits per heavy atom. The Bertz CT molecular complexity index is 671. The lowest BCUT2D eigenvalue weighted by Crippen LogP contribution is -2.33.